The number of hydrogen-bond donors (Lipinski definition) is 0. The number of rotatable bonds is 4. The number of methoxy groups -OCH3 is 1. The van der Waals surface area contributed by atoms with Crippen LogP contribution in [-0.4, -0.2) is 62.1 Å². The first-order valence-corrected chi connectivity index (χ1v) is 6.72. The number of amides is 1. The summed E-state index contributed by atoms with van der Waals surface area (Å²) in [7, 11) is 1.70. The zero-order valence-electron chi connectivity index (χ0n) is 11.7. The van der Waals surface area contributed by atoms with E-state index in [1.807, 2.05) is 4.90 Å². The van der Waals surface area contributed by atoms with Crippen LogP contribution in [0, 0.1) is 6.57 Å². The van der Waals surface area contributed by atoms with Crippen molar-refractivity contribution in [1.82, 2.24) is 9.80 Å². The highest BCUT2D eigenvalue weighted by atomic mass is 16.5. The normalized spacial score (nSPS) is 15.9. The Kier molecular flexibility index (Phi) is 5.10. The SMILES string of the molecule is [C-]#[N+]c1ccc(C(=O)N2CCN(CCOC)CC2)cc1. The fraction of sp³-hybridized carbons (Fsp3) is 0.467. The third-order valence-electron chi connectivity index (χ3n) is 3.51. The third-order valence-corrected chi connectivity index (χ3v) is 3.51. The monoisotopic (exact) mass is 273 g/mol. The summed E-state index contributed by atoms with van der Waals surface area (Å²) in [4.78, 5) is 19.8. The summed E-state index contributed by atoms with van der Waals surface area (Å²) in [5.41, 5.74) is 1.22. The van der Waals surface area contributed by atoms with Gasteiger partial charge in [0.1, 0.15) is 0 Å². The van der Waals surface area contributed by atoms with Crippen molar-refractivity contribution in [3.05, 3.63) is 41.2 Å². The molecule has 1 aliphatic rings. The molecular weight excluding hydrogens is 254 g/mol. The second kappa shape index (κ2) is 7.04. The van der Waals surface area contributed by atoms with Gasteiger partial charge < -0.3 is 9.64 Å². The molecule has 0 unspecified atom stereocenters. The standard InChI is InChI=1S/C15H19N3O2/c1-16-14-5-3-13(4-6-14)15(19)18-9-7-17(8-10-18)11-12-20-2/h3-6H,7-12H2,2H3. The van der Waals surface area contributed by atoms with Crippen molar-refractivity contribution in [3.8, 4) is 0 Å². The second-order valence-electron chi connectivity index (χ2n) is 4.79. The molecule has 0 saturated carbocycles. The molecule has 0 aromatic heterocycles. The minimum atomic E-state index is 0.0490. The Morgan fingerprint density at radius 3 is 2.45 bits per heavy atom. The van der Waals surface area contributed by atoms with Crippen LogP contribution in [0.25, 0.3) is 4.85 Å². The van der Waals surface area contributed by atoms with Gasteiger partial charge in [-0.25, -0.2) is 4.85 Å². The molecule has 0 atom stereocenters. The highest BCUT2D eigenvalue weighted by Gasteiger charge is 2.21. The molecule has 1 aromatic carbocycles. The van der Waals surface area contributed by atoms with Gasteiger partial charge in [0.25, 0.3) is 5.91 Å². The molecule has 1 amide bonds. The van der Waals surface area contributed by atoms with Crippen LogP contribution in [0.1, 0.15) is 10.4 Å². The molecule has 1 aromatic rings. The molecule has 1 saturated heterocycles. The molecule has 0 N–H and O–H groups in total. The Morgan fingerprint density at radius 2 is 1.90 bits per heavy atom. The van der Waals surface area contributed by atoms with Crippen LogP contribution in [0.5, 0.6) is 0 Å². The van der Waals surface area contributed by atoms with Crippen LogP contribution in [0.3, 0.4) is 0 Å². The van der Waals surface area contributed by atoms with E-state index in [0.717, 1.165) is 39.3 Å². The van der Waals surface area contributed by atoms with Gasteiger partial charge in [0.15, 0.2) is 5.69 Å². The second-order valence-corrected chi connectivity index (χ2v) is 4.79. The summed E-state index contributed by atoms with van der Waals surface area (Å²) in [6.07, 6.45) is 0. The van der Waals surface area contributed by atoms with Gasteiger partial charge in [-0.1, -0.05) is 24.3 Å². The van der Waals surface area contributed by atoms with Crippen LogP contribution in [0.2, 0.25) is 0 Å². The zero-order chi connectivity index (χ0) is 14.4. The third kappa shape index (κ3) is 3.56. The van der Waals surface area contributed by atoms with E-state index in [-0.39, 0.29) is 5.91 Å². The first-order valence-electron chi connectivity index (χ1n) is 6.72. The topological polar surface area (TPSA) is 37.1 Å². The number of ether oxygens (including phenoxy) is 1. The number of carbonyl (C=O) groups is 1. The smallest absolute Gasteiger partial charge is 0.253 e. The van der Waals surface area contributed by atoms with Crippen LogP contribution in [0.4, 0.5) is 5.69 Å². The molecule has 1 aliphatic heterocycles. The average molecular weight is 273 g/mol. The van der Waals surface area contributed by atoms with Gasteiger partial charge in [-0.2, -0.15) is 0 Å². The zero-order valence-corrected chi connectivity index (χ0v) is 11.7. The average Bonchev–Trinajstić information content (AvgIpc) is 2.53. The molecule has 106 valence electrons. The Morgan fingerprint density at radius 1 is 1.25 bits per heavy atom. The number of carbonyl (C=O) groups excluding carboxylic acids is 1. The number of nitrogens with zero attached hydrogens (tertiary/aromatic N) is 3. The van der Waals surface area contributed by atoms with E-state index >= 15 is 0 Å². The first kappa shape index (κ1) is 14.5. The van der Waals surface area contributed by atoms with E-state index in [4.69, 9.17) is 11.3 Å². The largest absolute Gasteiger partial charge is 0.383 e. The Labute approximate surface area is 119 Å². The first-order chi connectivity index (χ1) is 9.74. The van der Waals surface area contributed by atoms with Crippen molar-refractivity contribution < 1.29 is 9.53 Å². The van der Waals surface area contributed by atoms with Crippen molar-refractivity contribution in [2.75, 3.05) is 46.4 Å². The van der Waals surface area contributed by atoms with Crippen LogP contribution >= 0.6 is 0 Å². The van der Waals surface area contributed by atoms with E-state index in [1.165, 1.54) is 0 Å². The van der Waals surface area contributed by atoms with Gasteiger partial charge in [-0.15, -0.1) is 0 Å². The lowest BCUT2D eigenvalue weighted by atomic mass is 10.1. The van der Waals surface area contributed by atoms with Crippen molar-refractivity contribution in [2.24, 2.45) is 0 Å². The molecule has 0 spiro atoms. The van der Waals surface area contributed by atoms with Crippen molar-refractivity contribution in [2.45, 2.75) is 0 Å². The highest BCUT2D eigenvalue weighted by Crippen LogP contribution is 2.15. The summed E-state index contributed by atoms with van der Waals surface area (Å²) >= 11 is 0. The molecular formula is C15H19N3O2. The molecule has 5 nitrogen and oxygen atoms in total. The molecule has 0 radical (unpaired) electrons. The fourth-order valence-electron chi connectivity index (χ4n) is 2.26. The van der Waals surface area contributed by atoms with Crippen molar-refractivity contribution in [1.29, 1.82) is 0 Å². The minimum Gasteiger partial charge on any atom is -0.383 e. The molecule has 0 bridgehead atoms. The van der Waals surface area contributed by atoms with Gasteiger partial charge >= 0.3 is 0 Å². The molecule has 0 aliphatic carbocycles. The molecule has 1 fully saturated rings. The lowest BCUT2D eigenvalue weighted by molar-refractivity contribution is 0.0594. The summed E-state index contributed by atoms with van der Waals surface area (Å²) in [6.45, 7) is 11.8. The molecule has 20 heavy (non-hydrogen) atoms. The lowest BCUT2D eigenvalue weighted by Crippen LogP contribution is -2.49. The lowest BCUT2D eigenvalue weighted by Gasteiger charge is -2.34. The molecule has 1 heterocycles. The van der Waals surface area contributed by atoms with Crippen LogP contribution in [0.15, 0.2) is 24.3 Å². The van der Waals surface area contributed by atoms with Gasteiger partial charge in [0.2, 0.25) is 0 Å². The van der Waals surface area contributed by atoms with Gasteiger partial charge in [0, 0.05) is 45.4 Å². The van der Waals surface area contributed by atoms with Gasteiger partial charge in [0.05, 0.1) is 13.2 Å². The van der Waals surface area contributed by atoms with E-state index in [2.05, 4.69) is 9.74 Å². The predicted molar refractivity (Wildman–Crippen MR) is 76.9 cm³/mol. The van der Waals surface area contributed by atoms with Gasteiger partial charge in [-0.05, 0) is 0 Å². The van der Waals surface area contributed by atoms with Crippen LogP contribution in [-0.2, 0) is 4.74 Å². The van der Waals surface area contributed by atoms with E-state index < -0.39 is 0 Å². The maximum Gasteiger partial charge on any atom is 0.253 e. The summed E-state index contributed by atoms with van der Waals surface area (Å²) in [5, 5.41) is 0. The summed E-state index contributed by atoms with van der Waals surface area (Å²) in [5.74, 6) is 0.0490. The maximum absolute atomic E-state index is 12.3. The number of benzene rings is 1. The minimum absolute atomic E-state index is 0.0490. The van der Waals surface area contributed by atoms with Crippen molar-refractivity contribution >= 4 is 11.6 Å². The number of hydrogen-bond acceptors (Lipinski definition) is 3. The molecule has 2 rings (SSSR count). The van der Waals surface area contributed by atoms with Crippen LogP contribution < -0.4 is 0 Å². The Balaban J connectivity index is 1.89. The number of piperazine rings is 1. The van der Waals surface area contributed by atoms with Crippen molar-refractivity contribution in [3.63, 3.8) is 0 Å². The van der Waals surface area contributed by atoms with E-state index in [0.29, 0.717) is 11.3 Å². The summed E-state index contributed by atoms with van der Waals surface area (Å²) < 4.78 is 5.06. The van der Waals surface area contributed by atoms with Gasteiger partial charge in [-0.3, -0.25) is 9.69 Å². The highest BCUT2D eigenvalue weighted by molar-refractivity contribution is 5.94. The quantitative estimate of drug-likeness (QED) is 0.783. The fourth-order valence-corrected chi connectivity index (χ4v) is 2.26. The Hall–Kier alpha value is -1.90. The maximum atomic E-state index is 12.3. The van der Waals surface area contributed by atoms with E-state index in [9.17, 15) is 4.79 Å². The van der Waals surface area contributed by atoms with E-state index in [1.54, 1.807) is 31.4 Å². The summed E-state index contributed by atoms with van der Waals surface area (Å²) in [6, 6.07) is 6.84. The predicted octanol–water partition coefficient (Wildman–Crippen LogP) is 1.64. The molecule has 5 heteroatoms. The Bertz CT molecular complexity index is 485.